The number of nitrogens with zero attached hydrogens (tertiary/aromatic N) is 2. The second-order valence-corrected chi connectivity index (χ2v) is 7.75. The maximum absolute atomic E-state index is 13.0. The summed E-state index contributed by atoms with van der Waals surface area (Å²) < 4.78 is 10.9. The molecule has 1 fully saturated rings. The molecule has 2 heterocycles. The second kappa shape index (κ2) is 10.0. The Balaban J connectivity index is 1.43. The van der Waals surface area contributed by atoms with Gasteiger partial charge in [0.05, 0.1) is 18.2 Å². The van der Waals surface area contributed by atoms with E-state index in [1.165, 1.54) is 0 Å². The molecule has 4 rings (SSSR count). The normalized spacial score (nSPS) is 13.9. The largest absolute Gasteiger partial charge is 0.497 e. The number of hydrogen-bond acceptors (Lipinski definition) is 7. The van der Waals surface area contributed by atoms with Crippen molar-refractivity contribution in [1.82, 2.24) is 4.98 Å². The fourth-order valence-corrected chi connectivity index (χ4v) is 3.86. The standard InChI is InChI=1S/C25H26N4O4/c1-32-19-7-5-17(6-8-19)28-24(30)21-3-2-4-22(26)23(21)25(31)33-20-11-15-29(16-12-20)18-9-13-27-14-10-18/h2-10,13-14,20H,11-12,15-16,26H2,1H3,(H,28,30). The molecular formula is C25H26N4O4. The number of carbonyl (C=O) groups excluding carboxylic acids is 2. The lowest BCUT2D eigenvalue weighted by molar-refractivity contribution is 0.0244. The van der Waals surface area contributed by atoms with Crippen LogP contribution >= 0.6 is 0 Å². The van der Waals surface area contributed by atoms with Gasteiger partial charge in [0.15, 0.2) is 0 Å². The van der Waals surface area contributed by atoms with Gasteiger partial charge in [0, 0.05) is 55.4 Å². The molecule has 0 saturated carbocycles. The third kappa shape index (κ3) is 5.23. The van der Waals surface area contributed by atoms with E-state index in [9.17, 15) is 9.59 Å². The maximum Gasteiger partial charge on any atom is 0.341 e. The number of anilines is 3. The zero-order valence-electron chi connectivity index (χ0n) is 18.4. The van der Waals surface area contributed by atoms with Gasteiger partial charge in [-0.05, 0) is 48.5 Å². The van der Waals surface area contributed by atoms with Crippen molar-refractivity contribution in [2.75, 3.05) is 36.1 Å². The molecule has 8 nitrogen and oxygen atoms in total. The molecule has 1 aliphatic rings. The summed E-state index contributed by atoms with van der Waals surface area (Å²) in [5, 5.41) is 2.79. The Kier molecular flexibility index (Phi) is 6.73. The minimum absolute atomic E-state index is 0.0834. The molecule has 8 heteroatoms. The van der Waals surface area contributed by atoms with Crippen LogP contribution in [-0.2, 0) is 4.74 Å². The van der Waals surface area contributed by atoms with E-state index in [-0.39, 0.29) is 22.9 Å². The van der Waals surface area contributed by atoms with E-state index in [0.717, 1.165) is 18.8 Å². The molecule has 1 aliphatic heterocycles. The average molecular weight is 447 g/mol. The van der Waals surface area contributed by atoms with Crippen LogP contribution in [0.4, 0.5) is 17.1 Å². The summed E-state index contributed by atoms with van der Waals surface area (Å²) >= 11 is 0. The van der Waals surface area contributed by atoms with Crippen LogP contribution in [0.2, 0.25) is 0 Å². The van der Waals surface area contributed by atoms with Crippen molar-refractivity contribution < 1.29 is 19.1 Å². The Labute approximate surface area is 192 Å². The number of methoxy groups -OCH3 is 1. The van der Waals surface area contributed by atoms with E-state index < -0.39 is 11.9 Å². The van der Waals surface area contributed by atoms with Gasteiger partial charge in [0.25, 0.3) is 5.91 Å². The number of nitrogens with one attached hydrogen (secondary N) is 1. The maximum atomic E-state index is 13.0. The second-order valence-electron chi connectivity index (χ2n) is 7.75. The number of nitrogens with two attached hydrogens (primary N) is 1. The Morgan fingerprint density at radius 3 is 2.39 bits per heavy atom. The van der Waals surface area contributed by atoms with Gasteiger partial charge >= 0.3 is 5.97 Å². The van der Waals surface area contributed by atoms with E-state index >= 15 is 0 Å². The van der Waals surface area contributed by atoms with Crippen molar-refractivity contribution in [1.29, 1.82) is 0 Å². The molecule has 0 aliphatic carbocycles. The van der Waals surface area contributed by atoms with Crippen LogP contribution in [0.5, 0.6) is 5.75 Å². The highest BCUT2D eigenvalue weighted by Crippen LogP contribution is 2.25. The molecule has 0 spiro atoms. The molecule has 0 atom stereocenters. The quantitative estimate of drug-likeness (QED) is 0.439. The Morgan fingerprint density at radius 2 is 1.73 bits per heavy atom. The Bertz CT molecular complexity index is 1110. The molecule has 3 N–H and O–H groups in total. The van der Waals surface area contributed by atoms with Crippen molar-refractivity contribution >= 4 is 28.9 Å². The van der Waals surface area contributed by atoms with E-state index in [1.807, 2.05) is 12.1 Å². The molecule has 1 amide bonds. The van der Waals surface area contributed by atoms with Gasteiger partial charge in [0.1, 0.15) is 11.9 Å². The smallest absolute Gasteiger partial charge is 0.341 e. The predicted octanol–water partition coefficient (Wildman–Crippen LogP) is 3.75. The van der Waals surface area contributed by atoms with Gasteiger partial charge in [-0.15, -0.1) is 0 Å². The molecular weight excluding hydrogens is 420 g/mol. The van der Waals surface area contributed by atoms with Gasteiger partial charge in [-0.1, -0.05) is 6.07 Å². The van der Waals surface area contributed by atoms with Crippen LogP contribution in [0.3, 0.4) is 0 Å². The number of piperidine rings is 1. The van der Waals surface area contributed by atoms with Crippen LogP contribution < -0.4 is 20.7 Å². The average Bonchev–Trinajstić information content (AvgIpc) is 2.85. The number of esters is 1. The summed E-state index contributed by atoms with van der Waals surface area (Å²) in [5.74, 6) is -0.349. The number of nitrogen functional groups attached to an aromatic ring is 1. The van der Waals surface area contributed by atoms with E-state index in [0.29, 0.717) is 24.3 Å². The first-order valence-corrected chi connectivity index (χ1v) is 10.7. The summed E-state index contributed by atoms with van der Waals surface area (Å²) in [7, 11) is 1.57. The van der Waals surface area contributed by atoms with Gasteiger partial charge in [-0.2, -0.15) is 0 Å². The van der Waals surface area contributed by atoms with Gasteiger partial charge < -0.3 is 25.4 Å². The van der Waals surface area contributed by atoms with Crippen molar-refractivity contribution in [2.45, 2.75) is 18.9 Å². The highest BCUT2D eigenvalue weighted by molar-refractivity contribution is 6.13. The molecule has 33 heavy (non-hydrogen) atoms. The lowest BCUT2D eigenvalue weighted by Gasteiger charge is -2.33. The minimum atomic E-state index is -0.588. The number of hydrogen-bond donors (Lipinski definition) is 2. The SMILES string of the molecule is COc1ccc(NC(=O)c2cccc(N)c2C(=O)OC2CCN(c3ccncc3)CC2)cc1. The molecule has 0 unspecified atom stereocenters. The van der Waals surface area contributed by atoms with Gasteiger partial charge in [-0.3, -0.25) is 9.78 Å². The third-order valence-electron chi connectivity index (χ3n) is 5.64. The molecule has 3 aromatic rings. The number of ether oxygens (including phenoxy) is 2. The Hall–Kier alpha value is -4.07. The molecule has 2 aromatic carbocycles. The van der Waals surface area contributed by atoms with Crippen LogP contribution in [0.15, 0.2) is 67.0 Å². The Morgan fingerprint density at radius 1 is 1.03 bits per heavy atom. The zero-order valence-corrected chi connectivity index (χ0v) is 18.4. The minimum Gasteiger partial charge on any atom is -0.497 e. The summed E-state index contributed by atoms with van der Waals surface area (Å²) in [4.78, 5) is 32.2. The highest BCUT2D eigenvalue weighted by atomic mass is 16.5. The van der Waals surface area contributed by atoms with Crippen molar-refractivity contribution in [3.63, 3.8) is 0 Å². The van der Waals surface area contributed by atoms with Crippen molar-refractivity contribution in [3.05, 3.63) is 78.1 Å². The van der Waals surface area contributed by atoms with Crippen LogP contribution in [-0.4, -0.2) is 43.2 Å². The van der Waals surface area contributed by atoms with Crippen LogP contribution in [0.25, 0.3) is 0 Å². The summed E-state index contributed by atoms with van der Waals surface area (Å²) in [5.41, 5.74) is 8.21. The number of rotatable bonds is 6. The fourth-order valence-electron chi connectivity index (χ4n) is 3.86. The number of benzene rings is 2. The predicted molar refractivity (Wildman–Crippen MR) is 127 cm³/mol. The van der Waals surface area contributed by atoms with Gasteiger partial charge in [0.2, 0.25) is 0 Å². The van der Waals surface area contributed by atoms with Crippen molar-refractivity contribution in [2.24, 2.45) is 0 Å². The van der Waals surface area contributed by atoms with E-state index in [4.69, 9.17) is 15.2 Å². The summed E-state index contributed by atoms with van der Waals surface area (Å²) in [6.07, 6.45) is 4.66. The zero-order chi connectivity index (χ0) is 23.2. The first-order valence-electron chi connectivity index (χ1n) is 10.7. The van der Waals surface area contributed by atoms with Gasteiger partial charge in [-0.25, -0.2) is 4.79 Å². The first kappa shape index (κ1) is 22.1. The third-order valence-corrected chi connectivity index (χ3v) is 5.64. The monoisotopic (exact) mass is 446 g/mol. The number of pyridine rings is 1. The van der Waals surface area contributed by atoms with E-state index in [1.54, 1.807) is 62.0 Å². The number of amides is 1. The summed E-state index contributed by atoms with van der Waals surface area (Å²) in [6, 6.07) is 15.6. The fraction of sp³-hybridized carbons (Fsp3) is 0.240. The molecule has 1 aromatic heterocycles. The number of aromatic nitrogens is 1. The highest BCUT2D eigenvalue weighted by Gasteiger charge is 2.27. The van der Waals surface area contributed by atoms with Crippen LogP contribution in [0.1, 0.15) is 33.6 Å². The molecule has 0 bridgehead atoms. The summed E-state index contributed by atoms with van der Waals surface area (Å²) in [6.45, 7) is 1.52. The lowest BCUT2D eigenvalue weighted by atomic mass is 10.0. The lowest BCUT2D eigenvalue weighted by Crippen LogP contribution is -2.38. The van der Waals surface area contributed by atoms with Crippen molar-refractivity contribution in [3.8, 4) is 5.75 Å². The van der Waals surface area contributed by atoms with E-state index in [2.05, 4.69) is 15.2 Å². The molecule has 170 valence electrons. The number of carbonyl (C=O) groups is 2. The molecule has 0 radical (unpaired) electrons. The first-order chi connectivity index (χ1) is 16.0. The topological polar surface area (TPSA) is 107 Å². The van der Waals surface area contributed by atoms with Crippen LogP contribution in [0, 0.1) is 0 Å². The molecule has 1 saturated heterocycles.